The normalized spacial score (nSPS) is 11.8. The Morgan fingerprint density at radius 1 is 1.20 bits per heavy atom. The zero-order chi connectivity index (χ0) is 17.8. The van der Waals surface area contributed by atoms with E-state index in [2.05, 4.69) is 15.5 Å². The Kier molecular flexibility index (Phi) is 5.31. The van der Waals surface area contributed by atoms with Gasteiger partial charge in [-0.25, -0.2) is 0 Å². The lowest BCUT2D eigenvalue weighted by Crippen LogP contribution is -2.30. The van der Waals surface area contributed by atoms with Crippen molar-refractivity contribution in [2.45, 2.75) is 20.0 Å². The van der Waals surface area contributed by atoms with Gasteiger partial charge in [-0.15, -0.1) is 10.2 Å². The van der Waals surface area contributed by atoms with Crippen LogP contribution >= 0.6 is 22.9 Å². The van der Waals surface area contributed by atoms with Crippen molar-refractivity contribution < 1.29 is 9.53 Å². The van der Waals surface area contributed by atoms with E-state index in [1.165, 1.54) is 16.9 Å². The van der Waals surface area contributed by atoms with Crippen molar-refractivity contribution >= 4 is 34.0 Å². The maximum Gasteiger partial charge on any atom is 0.266 e. The average molecular weight is 374 g/mol. The van der Waals surface area contributed by atoms with E-state index in [0.717, 1.165) is 10.6 Å². The SMILES string of the molecule is Cc1ccc(-c2nnc(NC(=O)[C@@H](C)Oc3cccc(Cl)c3)s2)cc1. The summed E-state index contributed by atoms with van der Waals surface area (Å²) in [6.45, 7) is 3.69. The molecule has 0 radical (unpaired) electrons. The van der Waals surface area contributed by atoms with Gasteiger partial charge in [0.05, 0.1) is 0 Å². The highest BCUT2D eigenvalue weighted by molar-refractivity contribution is 7.18. The minimum Gasteiger partial charge on any atom is -0.481 e. The van der Waals surface area contributed by atoms with E-state index >= 15 is 0 Å². The maximum atomic E-state index is 12.3. The summed E-state index contributed by atoms with van der Waals surface area (Å²) >= 11 is 7.23. The molecule has 128 valence electrons. The van der Waals surface area contributed by atoms with Gasteiger partial charge in [-0.1, -0.05) is 58.8 Å². The van der Waals surface area contributed by atoms with Gasteiger partial charge in [-0.3, -0.25) is 10.1 Å². The van der Waals surface area contributed by atoms with Crippen LogP contribution in [0, 0.1) is 6.92 Å². The van der Waals surface area contributed by atoms with E-state index in [1.54, 1.807) is 31.2 Å². The van der Waals surface area contributed by atoms with E-state index in [-0.39, 0.29) is 5.91 Å². The number of amides is 1. The summed E-state index contributed by atoms with van der Waals surface area (Å²) in [5, 5.41) is 12.6. The molecule has 1 N–H and O–H groups in total. The maximum absolute atomic E-state index is 12.3. The average Bonchev–Trinajstić information content (AvgIpc) is 3.04. The van der Waals surface area contributed by atoms with Crippen LogP contribution in [0.25, 0.3) is 10.6 Å². The molecule has 0 aliphatic heterocycles. The van der Waals surface area contributed by atoms with Gasteiger partial charge >= 0.3 is 0 Å². The first kappa shape index (κ1) is 17.4. The molecular formula is C18H16ClN3O2S. The van der Waals surface area contributed by atoms with Crippen LogP contribution in [0.3, 0.4) is 0 Å². The summed E-state index contributed by atoms with van der Waals surface area (Å²) in [4.78, 5) is 12.3. The van der Waals surface area contributed by atoms with Gasteiger partial charge in [-0.05, 0) is 32.0 Å². The van der Waals surface area contributed by atoms with Crippen molar-refractivity contribution in [1.82, 2.24) is 10.2 Å². The monoisotopic (exact) mass is 373 g/mol. The molecule has 0 spiro atoms. The molecular weight excluding hydrogens is 358 g/mol. The van der Waals surface area contributed by atoms with Crippen LogP contribution in [0.4, 0.5) is 5.13 Å². The first-order chi connectivity index (χ1) is 12.0. The number of rotatable bonds is 5. The number of nitrogens with one attached hydrogen (secondary N) is 1. The van der Waals surface area contributed by atoms with Crippen LogP contribution in [0.1, 0.15) is 12.5 Å². The van der Waals surface area contributed by atoms with Crippen LogP contribution in [0.15, 0.2) is 48.5 Å². The highest BCUT2D eigenvalue weighted by atomic mass is 35.5. The first-order valence-electron chi connectivity index (χ1n) is 7.65. The predicted molar refractivity (Wildman–Crippen MR) is 100 cm³/mol. The number of carbonyl (C=O) groups is 1. The lowest BCUT2D eigenvalue weighted by atomic mass is 10.2. The van der Waals surface area contributed by atoms with Crippen molar-refractivity contribution in [2.75, 3.05) is 5.32 Å². The number of nitrogens with zero attached hydrogens (tertiary/aromatic N) is 2. The number of benzene rings is 2. The molecule has 3 rings (SSSR count). The fourth-order valence-corrected chi connectivity index (χ4v) is 3.02. The minimum atomic E-state index is -0.690. The number of ether oxygens (including phenoxy) is 1. The second-order valence-electron chi connectivity index (χ2n) is 5.49. The summed E-state index contributed by atoms with van der Waals surface area (Å²) in [6, 6.07) is 14.9. The molecule has 3 aromatic rings. The molecule has 1 atom stereocenters. The van der Waals surface area contributed by atoms with Crippen LogP contribution in [-0.2, 0) is 4.79 Å². The van der Waals surface area contributed by atoms with Gasteiger partial charge in [0.2, 0.25) is 5.13 Å². The molecule has 2 aromatic carbocycles. The van der Waals surface area contributed by atoms with Crippen LogP contribution in [0.2, 0.25) is 5.02 Å². The summed E-state index contributed by atoms with van der Waals surface area (Å²) in [5.74, 6) is 0.235. The van der Waals surface area contributed by atoms with E-state index in [9.17, 15) is 4.79 Å². The molecule has 0 aliphatic rings. The minimum absolute atomic E-state index is 0.299. The van der Waals surface area contributed by atoms with Gasteiger partial charge in [0, 0.05) is 10.6 Å². The summed E-state index contributed by atoms with van der Waals surface area (Å²) < 4.78 is 5.59. The van der Waals surface area contributed by atoms with E-state index in [0.29, 0.717) is 15.9 Å². The summed E-state index contributed by atoms with van der Waals surface area (Å²) in [6.07, 6.45) is -0.690. The van der Waals surface area contributed by atoms with Crippen molar-refractivity contribution in [2.24, 2.45) is 0 Å². The highest BCUT2D eigenvalue weighted by Gasteiger charge is 2.17. The fourth-order valence-electron chi connectivity index (χ4n) is 2.09. The molecule has 25 heavy (non-hydrogen) atoms. The van der Waals surface area contributed by atoms with Crippen LogP contribution in [0.5, 0.6) is 5.75 Å². The molecule has 0 fully saturated rings. The first-order valence-corrected chi connectivity index (χ1v) is 8.84. The molecule has 1 amide bonds. The molecule has 0 saturated heterocycles. The molecule has 1 heterocycles. The van der Waals surface area contributed by atoms with Crippen molar-refractivity contribution in [3.63, 3.8) is 0 Å². The zero-order valence-electron chi connectivity index (χ0n) is 13.7. The van der Waals surface area contributed by atoms with Gasteiger partial charge < -0.3 is 4.74 Å². The fraction of sp³-hybridized carbons (Fsp3) is 0.167. The highest BCUT2D eigenvalue weighted by Crippen LogP contribution is 2.26. The number of aromatic nitrogens is 2. The standard InChI is InChI=1S/C18H16ClN3O2S/c1-11-6-8-13(9-7-11)17-21-22-18(25-17)20-16(23)12(2)24-15-5-3-4-14(19)10-15/h3-10,12H,1-2H3,(H,20,22,23)/t12-/m1/s1. The molecule has 0 bridgehead atoms. The number of anilines is 1. The summed E-state index contributed by atoms with van der Waals surface area (Å²) in [5.41, 5.74) is 2.14. The van der Waals surface area contributed by atoms with Gasteiger partial charge in [0.25, 0.3) is 5.91 Å². The van der Waals surface area contributed by atoms with E-state index in [1.807, 2.05) is 31.2 Å². The van der Waals surface area contributed by atoms with Gasteiger partial charge in [0.15, 0.2) is 6.10 Å². The van der Waals surface area contributed by atoms with Gasteiger partial charge in [0.1, 0.15) is 10.8 Å². The van der Waals surface area contributed by atoms with Gasteiger partial charge in [-0.2, -0.15) is 0 Å². The second-order valence-corrected chi connectivity index (χ2v) is 6.90. The third kappa shape index (κ3) is 4.55. The van der Waals surface area contributed by atoms with Crippen LogP contribution < -0.4 is 10.1 Å². The van der Waals surface area contributed by atoms with E-state index < -0.39 is 6.10 Å². The molecule has 0 unspecified atom stereocenters. The largest absolute Gasteiger partial charge is 0.481 e. The Morgan fingerprint density at radius 3 is 2.68 bits per heavy atom. The Morgan fingerprint density at radius 2 is 1.96 bits per heavy atom. The molecule has 0 saturated carbocycles. The summed E-state index contributed by atoms with van der Waals surface area (Å²) in [7, 11) is 0. The zero-order valence-corrected chi connectivity index (χ0v) is 15.3. The van der Waals surface area contributed by atoms with E-state index in [4.69, 9.17) is 16.3 Å². The topological polar surface area (TPSA) is 64.1 Å². The predicted octanol–water partition coefficient (Wildman–Crippen LogP) is 4.57. The smallest absolute Gasteiger partial charge is 0.266 e. The second kappa shape index (κ2) is 7.63. The third-order valence-electron chi connectivity index (χ3n) is 3.43. The third-order valence-corrected chi connectivity index (χ3v) is 4.55. The Bertz CT molecular complexity index is 880. The Balaban J connectivity index is 1.64. The number of aryl methyl sites for hydroxylation is 1. The van der Waals surface area contributed by atoms with Crippen molar-refractivity contribution in [3.05, 3.63) is 59.1 Å². The quantitative estimate of drug-likeness (QED) is 0.711. The number of halogens is 1. The van der Waals surface area contributed by atoms with Crippen molar-refractivity contribution in [1.29, 1.82) is 0 Å². The molecule has 0 aliphatic carbocycles. The number of hydrogen-bond donors (Lipinski definition) is 1. The van der Waals surface area contributed by atoms with Crippen LogP contribution in [-0.4, -0.2) is 22.2 Å². The number of hydrogen-bond acceptors (Lipinski definition) is 5. The Hall–Kier alpha value is -2.44. The number of carbonyl (C=O) groups excluding carboxylic acids is 1. The van der Waals surface area contributed by atoms with Crippen molar-refractivity contribution in [3.8, 4) is 16.3 Å². The molecule has 5 nitrogen and oxygen atoms in total. The lowest BCUT2D eigenvalue weighted by molar-refractivity contribution is -0.122. The molecule has 7 heteroatoms. The molecule has 1 aromatic heterocycles. The lowest BCUT2D eigenvalue weighted by Gasteiger charge is -2.13. The Labute approximate surface area is 154 Å².